The van der Waals surface area contributed by atoms with Crippen LogP contribution < -0.4 is 11.5 Å². The minimum Gasteiger partial charge on any atom is -0.398 e. The average molecular weight is 300 g/mol. The second kappa shape index (κ2) is 6.22. The van der Waals surface area contributed by atoms with E-state index in [4.69, 9.17) is 11.5 Å². The molecule has 0 aliphatic heterocycles. The van der Waals surface area contributed by atoms with E-state index in [1.54, 1.807) is 0 Å². The SMILES string of the molecule is C=C(/C=C(\N)c1ccc(F)cc1)c1c(F)cccc1C(N)=O. The number of carbonyl (C=O) groups is 1. The van der Waals surface area contributed by atoms with Crippen molar-refractivity contribution in [1.29, 1.82) is 0 Å². The zero-order valence-electron chi connectivity index (χ0n) is 11.6. The predicted molar refractivity (Wildman–Crippen MR) is 82.5 cm³/mol. The predicted octanol–water partition coefficient (Wildman–Crippen LogP) is 3.08. The molecule has 2 rings (SSSR count). The zero-order chi connectivity index (χ0) is 16.3. The summed E-state index contributed by atoms with van der Waals surface area (Å²) in [5, 5.41) is 0. The molecule has 0 radical (unpaired) electrons. The highest BCUT2D eigenvalue weighted by atomic mass is 19.1. The van der Waals surface area contributed by atoms with Crippen molar-refractivity contribution in [3.8, 4) is 0 Å². The summed E-state index contributed by atoms with van der Waals surface area (Å²) in [5.41, 5.74) is 12.2. The zero-order valence-corrected chi connectivity index (χ0v) is 11.6. The topological polar surface area (TPSA) is 69.1 Å². The van der Waals surface area contributed by atoms with Gasteiger partial charge in [-0.25, -0.2) is 8.78 Å². The third-order valence-electron chi connectivity index (χ3n) is 3.11. The van der Waals surface area contributed by atoms with E-state index < -0.39 is 11.7 Å². The number of primary amides is 1. The molecule has 2 aromatic carbocycles. The van der Waals surface area contributed by atoms with Gasteiger partial charge in [0.25, 0.3) is 0 Å². The lowest BCUT2D eigenvalue weighted by Gasteiger charge is -2.09. The molecule has 3 nitrogen and oxygen atoms in total. The molecule has 0 saturated carbocycles. The first-order valence-corrected chi connectivity index (χ1v) is 6.41. The van der Waals surface area contributed by atoms with Gasteiger partial charge in [-0.2, -0.15) is 0 Å². The van der Waals surface area contributed by atoms with Crippen molar-refractivity contribution in [2.45, 2.75) is 0 Å². The third-order valence-corrected chi connectivity index (χ3v) is 3.11. The van der Waals surface area contributed by atoms with Crippen LogP contribution in [0.3, 0.4) is 0 Å². The molecule has 0 unspecified atom stereocenters. The van der Waals surface area contributed by atoms with E-state index in [1.807, 2.05) is 0 Å². The quantitative estimate of drug-likeness (QED) is 0.852. The van der Waals surface area contributed by atoms with E-state index >= 15 is 0 Å². The fourth-order valence-corrected chi connectivity index (χ4v) is 2.04. The van der Waals surface area contributed by atoms with Crippen molar-refractivity contribution in [2.24, 2.45) is 11.5 Å². The Labute approximate surface area is 126 Å². The van der Waals surface area contributed by atoms with Crippen LogP contribution in [0.15, 0.2) is 55.1 Å². The molecule has 4 N–H and O–H groups in total. The molecule has 0 aromatic heterocycles. The van der Waals surface area contributed by atoms with Crippen LogP contribution in [-0.4, -0.2) is 5.91 Å². The fourth-order valence-electron chi connectivity index (χ4n) is 2.04. The molecule has 0 heterocycles. The van der Waals surface area contributed by atoms with Crippen LogP contribution >= 0.6 is 0 Å². The largest absolute Gasteiger partial charge is 0.398 e. The summed E-state index contributed by atoms with van der Waals surface area (Å²) in [6, 6.07) is 9.50. The summed E-state index contributed by atoms with van der Waals surface area (Å²) in [6.07, 6.45) is 1.41. The number of amides is 1. The number of rotatable bonds is 4. The van der Waals surface area contributed by atoms with Gasteiger partial charge < -0.3 is 11.5 Å². The molecule has 2 aromatic rings. The maximum atomic E-state index is 14.0. The minimum atomic E-state index is -0.760. The van der Waals surface area contributed by atoms with Gasteiger partial charge in [0, 0.05) is 16.8 Å². The Morgan fingerprint density at radius 2 is 1.68 bits per heavy atom. The summed E-state index contributed by atoms with van der Waals surface area (Å²) in [7, 11) is 0. The van der Waals surface area contributed by atoms with Crippen molar-refractivity contribution < 1.29 is 13.6 Å². The Hall–Kier alpha value is -2.95. The lowest BCUT2D eigenvalue weighted by Crippen LogP contribution is -2.14. The smallest absolute Gasteiger partial charge is 0.249 e. The Bertz CT molecular complexity index is 765. The molecular weight excluding hydrogens is 286 g/mol. The Balaban J connectivity index is 2.42. The summed E-state index contributed by atoms with van der Waals surface area (Å²) in [4.78, 5) is 11.4. The minimum absolute atomic E-state index is 0.0000571. The van der Waals surface area contributed by atoms with Crippen LogP contribution in [0.25, 0.3) is 11.3 Å². The number of halogens is 2. The number of hydrogen-bond donors (Lipinski definition) is 2. The van der Waals surface area contributed by atoms with Crippen molar-refractivity contribution in [1.82, 2.24) is 0 Å². The first kappa shape index (κ1) is 15.4. The highest BCUT2D eigenvalue weighted by Crippen LogP contribution is 2.24. The third kappa shape index (κ3) is 3.20. The molecule has 1 amide bonds. The lowest BCUT2D eigenvalue weighted by atomic mass is 9.98. The van der Waals surface area contributed by atoms with Crippen molar-refractivity contribution in [3.05, 3.63) is 83.4 Å². The van der Waals surface area contributed by atoms with Gasteiger partial charge in [0.15, 0.2) is 0 Å². The molecule has 0 aliphatic carbocycles. The molecule has 0 aliphatic rings. The average Bonchev–Trinajstić information content (AvgIpc) is 2.47. The van der Waals surface area contributed by atoms with Gasteiger partial charge in [-0.05, 0) is 41.5 Å². The van der Waals surface area contributed by atoms with Crippen molar-refractivity contribution in [3.63, 3.8) is 0 Å². The summed E-state index contributed by atoms with van der Waals surface area (Å²) in [6.45, 7) is 3.73. The maximum absolute atomic E-state index is 14.0. The van der Waals surface area contributed by atoms with E-state index in [0.717, 1.165) is 0 Å². The van der Waals surface area contributed by atoms with Crippen LogP contribution in [0, 0.1) is 11.6 Å². The maximum Gasteiger partial charge on any atom is 0.249 e. The van der Waals surface area contributed by atoms with Gasteiger partial charge in [-0.1, -0.05) is 24.8 Å². The normalized spacial score (nSPS) is 11.3. The van der Waals surface area contributed by atoms with Gasteiger partial charge in [-0.3, -0.25) is 4.79 Å². The van der Waals surface area contributed by atoms with E-state index in [0.29, 0.717) is 5.56 Å². The molecule has 22 heavy (non-hydrogen) atoms. The molecule has 0 atom stereocenters. The fraction of sp³-hybridized carbons (Fsp3) is 0. The van der Waals surface area contributed by atoms with Crippen molar-refractivity contribution >= 4 is 17.2 Å². The highest BCUT2D eigenvalue weighted by molar-refractivity contribution is 5.99. The summed E-state index contributed by atoms with van der Waals surface area (Å²) < 4.78 is 26.9. The Morgan fingerprint density at radius 1 is 1.05 bits per heavy atom. The van der Waals surface area contributed by atoms with Gasteiger partial charge in [0.05, 0.1) is 0 Å². The molecule has 0 saturated heterocycles. The first-order chi connectivity index (χ1) is 10.4. The molecular formula is C17H14F2N2O. The molecule has 5 heteroatoms. The van der Waals surface area contributed by atoms with E-state index in [9.17, 15) is 13.6 Å². The van der Waals surface area contributed by atoms with Crippen molar-refractivity contribution in [2.75, 3.05) is 0 Å². The molecule has 112 valence electrons. The van der Waals surface area contributed by atoms with E-state index in [-0.39, 0.29) is 28.2 Å². The summed E-state index contributed by atoms with van der Waals surface area (Å²) >= 11 is 0. The molecule has 0 spiro atoms. The second-order valence-corrected chi connectivity index (χ2v) is 4.66. The van der Waals surface area contributed by atoms with Crippen LogP contribution in [0.5, 0.6) is 0 Å². The molecule has 0 fully saturated rings. The van der Waals surface area contributed by atoms with Gasteiger partial charge in [0.2, 0.25) is 5.91 Å². The van der Waals surface area contributed by atoms with Crippen LogP contribution in [0.1, 0.15) is 21.5 Å². The first-order valence-electron chi connectivity index (χ1n) is 6.41. The number of hydrogen-bond acceptors (Lipinski definition) is 2. The van der Waals surface area contributed by atoms with Crippen LogP contribution in [-0.2, 0) is 0 Å². The monoisotopic (exact) mass is 300 g/mol. The van der Waals surface area contributed by atoms with Gasteiger partial charge in [-0.15, -0.1) is 0 Å². The Morgan fingerprint density at radius 3 is 2.27 bits per heavy atom. The van der Waals surface area contributed by atoms with Gasteiger partial charge in [0.1, 0.15) is 11.6 Å². The van der Waals surface area contributed by atoms with E-state index in [1.165, 1.54) is 48.5 Å². The number of benzene rings is 2. The van der Waals surface area contributed by atoms with Gasteiger partial charge >= 0.3 is 0 Å². The van der Waals surface area contributed by atoms with Crippen LogP contribution in [0.2, 0.25) is 0 Å². The Kier molecular flexibility index (Phi) is 4.36. The molecule has 0 bridgehead atoms. The second-order valence-electron chi connectivity index (χ2n) is 4.66. The number of allylic oxidation sites excluding steroid dienone is 2. The van der Waals surface area contributed by atoms with E-state index in [2.05, 4.69) is 6.58 Å². The lowest BCUT2D eigenvalue weighted by molar-refractivity contribution is 0.0999. The highest BCUT2D eigenvalue weighted by Gasteiger charge is 2.14. The standard InChI is InChI=1S/C17H14F2N2O/c1-10(9-15(20)11-5-7-12(18)8-6-11)16-13(17(21)22)3-2-4-14(16)19/h2-9H,1,20H2,(H2,21,22)/b15-9-. The number of carbonyl (C=O) groups excluding carboxylic acids is 1. The number of nitrogens with two attached hydrogens (primary N) is 2. The summed E-state index contributed by atoms with van der Waals surface area (Å²) in [5.74, 6) is -1.77. The van der Waals surface area contributed by atoms with Crippen LogP contribution in [0.4, 0.5) is 8.78 Å².